The van der Waals surface area contributed by atoms with Gasteiger partial charge in [-0.15, -0.1) is 0 Å². The van der Waals surface area contributed by atoms with Gasteiger partial charge >= 0.3 is 0 Å². The molecule has 0 spiro atoms. The number of ether oxygens (including phenoxy) is 2. The van der Waals surface area contributed by atoms with E-state index in [1.54, 1.807) is 6.07 Å². The highest BCUT2D eigenvalue weighted by Crippen LogP contribution is 2.31. The Morgan fingerprint density at radius 3 is 2.53 bits per heavy atom. The third kappa shape index (κ3) is 4.21. The molecule has 1 aliphatic carbocycles. The Labute approximate surface area is 188 Å². The van der Waals surface area contributed by atoms with Gasteiger partial charge in [-0.05, 0) is 73.1 Å². The van der Waals surface area contributed by atoms with Crippen LogP contribution in [0.2, 0.25) is 0 Å². The van der Waals surface area contributed by atoms with Crippen molar-refractivity contribution in [2.75, 3.05) is 26.3 Å². The van der Waals surface area contributed by atoms with Gasteiger partial charge in [0.15, 0.2) is 11.5 Å². The van der Waals surface area contributed by atoms with E-state index in [9.17, 15) is 13.2 Å². The number of benzene rings is 2. The largest absolute Gasteiger partial charge is 0.486 e. The Hall–Kier alpha value is -2.58. The number of aryl methyl sites for hydroxylation is 2. The van der Waals surface area contributed by atoms with Gasteiger partial charge < -0.3 is 14.8 Å². The standard InChI is InChI=1S/C24H28N2O5S/c27-24(25-16-17-4-7-22-23(14-17)31-13-12-30-22)19-8-10-26(11-9-19)32(28,29)21-6-5-18-2-1-3-20(18)15-21/h4-7,14-15,19H,1-3,8-13,16H2,(H,25,27). The van der Waals surface area contributed by atoms with Crippen LogP contribution in [0.4, 0.5) is 0 Å². The second-order valence-electron chi connectivity index (χ2n) is 8.66. The summed E-state index contributed by atoms with van der Waals surface area (Å²) in [4.78, 5) is 13.1. The zero-order valence-corrected chi connectivity index (χ0v) is 18.8. The molecule has 2 aliphatic heterocycles. The van der Waals surface area contributed by atoms with Gasteiger partial charge in [-0.2, -0.15) is 4.31 Å². The summed E-state index contributed by atoms with van der Waals surface area (Å²) in [6.45, 7) is 2.20. The van der Waals surface area contributed by atoms with E-state index in [4.69, 9.17) is 9.47 Å². The quantitative estimate of drug-likeness (QED) is 0.748. The normalized spacial score (nSPS) is 18.9. The SMILES string of the molecule is O=C(NCc1ccc2c(c1)OCCO2)C1CCN(S(=O)(=O)c2ccc3c(c2)CCC3)CC1. The minimum atomic E-state index is -3.52. The van der Waals surface area contributed by atoms with Crippen molar-refractivity contribution >= 4 is 15.9 Å². The summed E-state index contributed by atoms with van der Waals surface area (Å²) >= 11 is 0. The van der Waals surface area contributed by atoms with Gasteiger partial charge in [0, 0.05) is 25.6 Å². The molecule has 170 valence electrons. The van der Waals surface area contributed by atoms with Crippen LogP contribution in [0.25, 0.3) is 0 Å². The van der Waals surface area contributed by atoms with Gasteiger partial charge in [0.25, 0.3) is 0 Å². The predicted molar refractivity (Wildman–Crippen MR) is 119 cm³/mol. The van der Waals surface area contributed by atoms with Crippen molar-refractivity contribution in [3.63, 3.8) is 0 Å². The van der Waals surface area contributed by atoms with Crippen LogP contribution < -0.4 is 14.8 Å². The molecule has 0 radical (unpaired) electrons. The maximum atomic E-state index is 13.1. The summed E-state index contributed by atoms with van der Waals surface area (Å²) in [5.41, 5.74) is 3.36. The highest BCUT2D eigenvalue weighted by Gasteiger charge is 2.32. The predicted octanol–water partition coefficient (Wildman–Crippen LogP) is 2.66. The summed E-state index contributed by atoms with van der Waals surface area (Å²) in [5, 5.41) is 2.99. The first-order valence-corrected chi connectivity index (χ1v) is 12.7. The lowest BCUT2D eigenvalue weighted by Crippen LogP contribution is -2.42. The maximum absolute atomic E-state index is 13.1. The lowest BCUT2D eigenvalue weighted by atomic mass is 9.97. The molecule has 8 heteroatoms. The smallest absolute Gasteiger partial charge is 0.243 e. The van der Waals surface area contributed by atoms with Crippen LogP contribution in [0.1, 0.15) is 36.0 Å². The molecule has 1 saturated heterocycles. The summed E-state index contributed by atoms with van der Waals surface area (Å²) in [6, 6.07) is 11.2. The Kier molecular flexibility index (Phi) is 5.82. The number of nitrogens with zero attached hydrogens (tertiary/aromatic N) is 1. The fraction of sp³-hybridized carbons (Fsp3) is 0.458. The van der Waals surface area contributed by atoms with Gasteiger partial charge in [-0.25, -0.2) is 8.42 Å². The Balaban J connectivity index is 1.16. The van der Waals surface area contributed by atoms with Crippen LogP contribution in [0.5, 0.6) is 11.5 Å². The number of sulfonamides is 1. The molecular weight excluding hydrogens is 428 g/mol. The first-order chi connectivity index (χ1) is 15.5. The van der Waals surface area contributed by atoms with E-state index in [2.05, 4.69) is 5.32 Å². The van der Waals surface area contributed by atoms with E-state index in [0.717, 1.165) is 36.1 Å². The third-order valence-corrected chi connectivity index (χ3v) is 8.50. The van der Waals surface area contributed by atoms with Crippen LogP contribution in [0.3, 0.4) is 0 Å². The van der Waals surface area contributed by atoms with Gasteiger partial charge in [-0.1, -0.05) is 12.1 Å². The molecule has 32 heavy (non-hydrogen) atoms. The van der Waals surface area contributed by atoms with Crippen LogP contribution in [0, 0.1) is 5.92 Å². The molecule has 7 nitrogen and oxygen atoms in total. The number of rotatable bonds is 5. The fourth-order valence-electron chi connectivity index (χ4n) is 4.75. The van der Waals surface area contributed by atoms with Gasteiger partial charge in [0.2, 0.25) is 15.9 Å². The molecule has 0 unspecified atom stereocenters. The molecule has 1 fully saturated rings. The maximum Gasteiger partial charge on any atom is 0.243 e. The fourth-order valence-corrected chi connectivity index (χ4v) is 6.27. The average Bonchev–Trinajstić information content (AvgIpc) is 3.30. The number of carbonyl (C=O) groups is 1. The van der Waals surface area contributed by atoms with Crippen LogP contribution in [-0.4, -0.2) is 44.9 Å². The zero-order valence-electron chi connectivity index (χ0n) is 18.0. The molecule has 0 aromatic heterocycles. The lowest BCUT2D eigenvalue weighted by molar-refractivity contribution is -0.126. The van der Waals surface area contributed by atoms with Crippen LogP contribution in [0.15, 0.2) is 41.3 Å². The molecule has 2 aromatic rings. The molecule has 2 aromatic carbocycles. The Bertz CT molecular complexity index is 1120. The van der Waals surface area contributed by atoms with Crippen molar-refractivity contribution < 1.29 is 22.7 Å². The molecule has 5 rings (SSSR count). The van der Waals surface area contributed by atoms with Crippen molar-refractivity contribution in [3.05, 3.63) is 53.1 Å². The van der Waals surface area contributed by atoms with Gasteiger partial charge in [0.1, 0.15) is 13.2 Å². The number of nitrogens with one attached hydrogen (secondary N) is 1. The zero-order chi connectivity index (χ0) is 22.1. The van der Waals surface area contributed by atoms with Crippen LogP contribution in [-0.2, 0) is 34.2 Å². The number of fused-ring (bicyclic) bond motifs is 2. The summed E-state index contributed by atoms with van der Waals surface area (Å²) < 4.78 is 38.8. The van der Waals surface area contributed by atoms with Crippen molar-refractivity contribution in [2.24, 2.45) is 5.92 Å². The van der Waals surface area contributed by atoms with E-state index in [0.29, 0.717) is 56.3 Å². The number of piperidine rings is 1. The summed E-state index contributed by atoms with van der Waals surface area (Å²) in [7, 11) is -3.52. The number of hydrogen-bond donors (Lipinski definition) is 1. The highest BCUT2D eigenvalue weighted by atomic mass is 32.2. The summed E-state index contributed by atoms with van der Waals surface area (Å²) in [6.07, 6.45) is 4.12. The van der Waals surface area contributed by atoms with E-state index < -0.39 is 10.0 Å². The van der Waals surface area contributed by atoms with E-state index in [1.807, 2.05) is 30.3 Å². The molecular formula is C24H28N2O5S. The second-order valence-corrected chi connectivity index (χ2v) is 10.6. The first kappa shape index (κ1) is 21.3. The van der Waals surface area contributed by atoms with Gasteiger partial charge in [0.05, 0.1) is 4.90 Å². The molecule has 0 saturated carbocycles. The number of amides is 1. The molecule has 1 amide bonds. The molecule has 0 bridgehead atoms. The minimum absolute atomic E-state index is 0.0329. The second kappa shape index (κ2) is 8.75. The third-order valence-electron chi connectivity index (χ3n) is 6.61. The van der Waals surface area contributed by atoms with E-state index in [1.165, 1.54) is 9.87 Å². The average molecular weight is 457 g/mol. The molecule has 1 N–H and O–H groups in total. The highest BCUT2D eigenvalue weighted by molar-refractivity contribution is 7.89. The minimum Gasteiger partial charge on any atom is -0.486 e. The Morgan fingerprint density at radius 2 is 1.72 bits per heavy atom. The van der Waals surface area contributed by atoms with Gasteiger partial charge in [-0.3, -0.25) is 4.79 Å². The monoisotopic (exact) mass is 456 g/mol. The molecule has 2 heterocycles. The van der Waals surface area contributed by atoms with Crippen molar-refractivity contribution in [3.8, 4) is 11.5 Å². The van der Waals surface area contributed by atoms with Crippen molar-refractivity contribution in [2.45, 2.75) is 43.5 Å². The Morgan fingerprint density at radius 1 is 0.969 bits per heavy atom. The number of hydrogen-bond acceptors (Lipinski definition) is 5. The van der Waals surface area contributed by atoms with E-state index >= 15 is 0 Å². The van der Waals surface area contributed by atoms with Crippen molar-refractivity contribution in [1.29, 1.82) is 0 Å². The summed E-state index contributed by atoms with van der Waals surface area (Å²) in [5.74, 6) is 1.21. The topological polar surface area (TPSA) is 84.9 Å². The van der Waals surface area contributed by atoms with Crippen molar-refractivity contribution in [1.82, 2.24) is 9.62 Å². The molecule has 0 atom stereocenters. The lowest BCUT2D eigenvalue weighted by Gasteiger charge is -2.30. The van der Waals surface area contributed by atoms with Crippen LogP contribution >= 0.6 is 0 Å². The molecule has 3 aliphatic rings. The first-order valence-electron chi connectivity index (χ1n) is 11.3. The van der Waals surface area contributed by atoms with E-state index in [-0.39, 0.29) is 11.8 Å². The number of carbonyl (C=O) groups excluding carboxylic acids is 1.